The second-order valence-corrected chi connectivity index (χ2v) is 9.13. The fraction of sp³-hybridized carbons (Fsp3) is 0.200. The summed E-state index contributed by atoms with van der Waals surface area (Å²) in [4.78, 5) is 0. The predicted molar refractivity (Wildman–Crippen MR) is 129 cm³/mol. The second-order valence-electron chi connectivity index (χ2n) is 7.30. The van der Waals surface area contributed by atoms with Gasteiger partial charge in [-0.3, -0.25) is 0 Å². The summed E-state index contributed by atoms with van der Waals surface area (Å²) in [5.41, 5.74) is 3.79. The molecule has 0 bridgehead atoms. The van der Waals surface area contributed by atoms with E-state index in [1.807, 2.05) is 30.3 Å². The van der Waals surface area contributed by atoms with Crippen molar-refractivity contribution in [3.63, 3.8) is 0 Å². The highest BCUT2D eigenvalue weighted by atomic mass is 79.9. The van der Waals surface area contributed by atoms with Gasteiger partial charge in [-0.1, -0.05) is 50.1 Å². The number of phenolic OH excluding ortho intramolecular Hbond substituents is 1. The number of methoxy groups -OCH3 is 2. The van der Waals surface area contributed by atoms with Gasteiger partial charge in [0.25, 0.3) is 0 Å². The summed E-state index contributed by atoms with van der Waals surface area (Å²) in [6.07, 6.45) is 2.00. The number of allylic oxidation sites excluding steroid dienone is 1. The highest BCUT2D eigenvalue weighted by Crippen LogP contribution is 2.55. The molecule has 3 aromatic rings. The number of hydrogen-bond donors (Lipinski definition) is 1. The van der Waals surface area contributed by atoms with Crippen LogP contribution in [-0.4, -0.2) is 19.3 Å². The van der Waals surface area contributed by atoms with Crippen LogP contribution in [0.5, 0.6) is 23.0 Å². The van der Waals surface area contributed by atoms with E-state index in [0.717, 1.165) is 36.9 Å². The van der Waals surface area contributed by atoms with E-state index >= 15 is 0 Å². The topological polar surface area (TPSA) is 47.9 Å². The Morgan fingerprint density at radius 1 is 1.00 bits per heavy atom. The molecule has 0 fully saturated rings. The van der Waals surface area contributed by atoms with Crippen LogP contribution < -0.4 is 14.2 Å². The van der Waals surface area contributed by atoms with Crippen molar-refractivity contribution in [2.75, 3.05) is 14.2 Å². The van der Waals surface area contributed by atoms with Crippen LogP contribution in [-0.2, 0) is 6.42 Å². The third-order valence-electron chi connectivity index (χ3n) is 5.50. The Morgan fingerprint density at radius 2 is 1.68 bits per heavy atom. The van der Waals surface area contributed by atoms with Crippen molar-refractivity contribution in [1.82, 2.24) is 0 Å². The van der Waals surface area contributed by atoms with Crippen LogP contribution in [0.2, 0.25) is 0 Å². The van der Waals surface area contributed by atoms with Crippen LogP contribution in [0.4, 0.5) is 0 Å². The van der Waals surface area contributed by atoms with Crippen LogP contribution in [0.1, 0.15) is 34.3 Å². The second kappa shape index (κ2) is 8.97. The summed E-state index contributed by atoms with van der Waals surface area (Å²) in [5.74, 6) is 1.87. The zero-order valence-corrected chi connectivity index (χ0v) is 20.4. The minimum absolute atomic E-state index is 0.124. The minimum atomic E-state index is -0.280. The molecule has 0 aliphatic carbocycles. The predicted octanol–water partition coefficient (Wildman–Crippen LogP) is 6.93. The van der Waals surface area contributed by atoms with Gasteiger partial charge in [-0.15, -0.1) is 6.58 Å². The number of halogens is 2. The molecule has 31 heavy (non-hydrogen) atoms. The molecular formula is C25H22Br2O4. The van der Waals surface area contributed by atoms with Gasteiger partial charge in [0.05, 0.1) is 20.1 Å². The van der Waals surface area contributed by atoms with E-state index in [0.29, 0.717) is 17.9 Å². The number of hydrogen-bond acceptors (Lipinski definition) is 4. The molecular weight excluding hydrogens is 524 g/mol. The first-order valence-electron chi connectivity index (χ1n) is 9.77. The third-order valence-corrected chi connectivity index (χ3v) is 6.41. The van der Waals surface area contributed by atoms with E-state index in [1.165, 1.54) is 7.11 Å². The van der Waals surface area contributed by atoms with Crippen molar-refractivity contribution in [2.45, 2.75) is 18.4 Å². The smallest absolute Gasteiger partial charge is 0.164 e. The first-order valence-corrected chi connectivity index (χ1v) is 11.4. The highest BCUT2D eigenvalue weighted by molar-refractivity contribution is 9.11. The molecule has 160 valence electrons. The van der Waals surface area contributed by atoms with Crippen LogP contribution in [0.25, 0.3) is 0 Å². The maximum atomic E-state index is 10.9. The summed E-state index contributed by atoms with van der Waals surface area (Å²) >= 11 is 7.22. The summed E-state index contributed by atoms with van der Waals surface area (Å²) < 4.78 is 19.2. The maximum Gasteiger partial charge on any atom is 0.164 e. The van der Waals surface area contributed by atoms with E-state index in [9.17, 15) is 5.11 Å². The van der Waals surface area contributed by atoms with Crippen LogP contribution >= 0.6 is 31.9 Å². The number of phenols is 1. The molecule has 0 saturated carbocycles. The molecule has 0 aromatic heterocycles. The van der Waals surface area contributed by atoms with Crippen molar-refractivity contribution in [3.05, 3.63) is 92.4 Å². The molecule has 3 aromatic carbocycles. The molecule has 2 atom stereocenters. The number of fused-ring (bicyclic) bond motifs is 1. The molecule has 1 unspecified atom stereocenters. The molecule has 0 saturated heterocycles. The summed E-state index contributed by atoms with van der Waals surface area (Å²) in [5, 5.41) is 10.9. The number of benzene rings is 3. The lowest BCUT2D eigenvalue weighted by Crippen LogP contribution is -2.12. The Kier molecular flexibility index (Phi) is 6.30. The van der Waals surface area contributed by atoms with E-state index in [1.54, 1.807) is 19.3 Å². The van der Waals surface area contributed by atoms with Gasteiger partial charge in [-0.05, 0) is 47.9 Å². The lowest BCUT2D eigenvalue weighted by molar-refractivity contribution is 0.221. The minimum Gasteiger partial charge on any atom is -0.504 e. The average Bonchev–Trinajstić information content (AvgIpc) is 3.14. The molecule has 1 heterocycles. The molecule has 0 amide bonds. The van der Waals surface area contributed by atoms with Gasteiger partial charge in [0, 0.05) is 26.1 Å². The maximum absolute atomic E-state index is 10.9. The molecule has 4 nitrogen and oxygen atoms in total. The van der Waals surface area contributed by atoms with E-state index in [2.05, 4.69) is 50.6 Å². The number of ether oxygens (including phenoxy) is 3. The average molecular weight is 546 g/mol. The first-order chi connectivity index (χ1) is 15.0. The van der Waals surface area contributed by atoms with Gasteiger partial charge in [0.1, 0.15) is 17.6 Å². The van der Waals surface area contributed by atoms with Crippen LogP contribution in [0, 0.1) is 0 Å². The fourth-order valence-corrected chi connectivity index (χ4v) is 5.47. The number of aromatic hydroxyl groups is 1. The largest absolute Gasteiger partial charge is 0.504 e. The fourth-order valence-electron chi connectivity index (χ4n) is 4.14. The van der Waals surface area contributed by atoms with Gasteiger partial charge < -0.3 is 19.3 Å². The van der Waals surface area contributed by atoms with Crippen molar-refractivity contribution >= 4 is 31.9 Å². The monoisotopic (exact) mass is 544 g/mol. The highest BCUT2D eigenvalue weighted by Gasteiger charge is 2.40. The van der Waals surface area contributed by atoms with Crippen molar-refractivity contribution in [2.24, 2.45) is 0 Å². The molecule has 6 heteroatoms. The summed E-state index contributed by atoms with van der Waals surface area (Å²) in [7, 11) is 3.19. The SMILES string of the molecule is C=CCc1c(O)c(OC)cc2c1[C@H](c1cc(Br)cc(Br)c1)C(c1ccc(OC)cc1)O2. The first kappa shape index (κ1) is 21.8. The normalized spacial score (nSPS) is 17.0. The summed E-state index contributed by atoms with van der Waals surface area (Å²) in [6.45, 7) is 3.88. The van der Waals surface area contributed by atoms with E-state index in [-0.39, 0.29) is 17.8 Å². The van der Waals surface area contributed by atoms with Gasteiger partial charge in [-0.25, -0.2) is 0 Å². The number of rotatable bonds is 6. The molecule has 1 aliphatic rings. The zero-order valence-electron chi connectivity index (χ0n) is 17.2. The third kappa shape index (κ3) is 4.06. The van der Waals surface area contributed by atoms with Crippen molar-refractivity contribution in [1.29, 1.82) is 0 Å². The Balaban J connectivity index is 1.95. The van der Waals surface area contributed by atoms with Gasteiger partial charge in [0.2, 0.25) is 0 Å². The zero-order chi connectivity index (χ0) is 22.1. The van der Waals surface area contributed by atoms with E-state index in [4.69, 9.17) is 14.2 Å². The summed E-state index contributed by atoms with van der Waals surface area (Å²) in [6, 6.07) is 15.8. The van der Waals surface area contributed by atoms with Gasteiger partial charge in [-0.2, -0.15) is 0 Å². The lowest BCUT2D eigenvalue weighted by Gasteiger charge is -2.22. The molecule has 1 aliphatic heterocycles. The van der Waals surface area contributed by atoms with Crippen LogP contribution in [0.15, 0.2) is 70.1 Å². The molecule has 0 spiro atoms. The van der Waals surface area contributed by atoms with Gasteiger partial charge >= 0.3 is 0 Å². The Bertz CT molecular complexity index is 1110. The standard InChI is InChI=1S/C25H22Br2O4/c1-4-5-19-23-20(13-21(30-3)24(19)28)31-25(14-6-8-18(29-2)9-7-14)22(23)15-10-16(26)12-17(27)11-15/h4,6-13,22,25,28H,1,5H2,2-3H3/t22-,25?/m0/s1. The van der Waals surface area contributed by atoms with Crippen LogP contribution in [0.3, 0.4) is 0 Å². The van der Waals surface area contributed by atoms with Crippen molar-refractivity contribution < 1.29 is 19.3 Å². The Morgan fingerprint density at radius 3 is 2.26 bits per heavy atom. The Hall–Kier alpha value is -2.44. The Labute approximate surface area is 198 Å². The van der Waals surface area contributed by atoms with Crippen molar-refractivity contribution in [3.8, 4) is 23.0 Å². The van der Waals surface area contributed by atoms with Gasteiger partial charge in [0.15, 0.2) is 11.5 Å². The lowest BCUT2D eigenvalue weighted by atomic mass is 9.82. The quantitative estimate of drug-likeness (QED) is 0.341. The molecule has 1 N–H and O–H groups in total. The molecule has 4 rings (SSSR count). The molecule has 0 radical (unpaired) electrons. The van der Waals surface area contributed by atoms with E-state index < -0.39 is 0 Å².